The monoisotopic (exact) mass is 296 g/mol. The van der Waals surface area contributed by atoms with Gasteiger partial charge in [0, 0.05) is 18.5 Å². The number of thioether (sulfide) groups is 1. The van der Waals surface area contributed by atoms with Crippen LogP contribution in [-0.4, -0.2) is 12.8 Å². The molecule has 0 atom stereocenters. The van der Waals surface area contributed by atoms with Gasteiger partial charge < -0.3 is 4.90 Å². The normalized spacial score (nSPS) is 10.2. The van der Waals surface area contributed by atoms with Crippen LogP contribution in [0, 0.1) is 18.3 Å². The summed E-state index contributed by atoms with van der Waals surface area (Å²) in [6.45, 7) is 5.00. The zero-order chi connectivity index (χ0) is 15.2. The summed E-state index contributed by atoms with van der Waals surface area (Å²) in [6.07, 6.45) is 0. The van der Waals surface area contributed by atoms with Crippen LogP contribution in [0.25, 0.3) is 0 Å². The van der Waals surface area contributed by atoms with E-state index in [1.54, 1.807) is 11.8 Å². The minimum atomic E-state index is 0.777. The van der Waals surface area contributed by atoms with Crippen LogP contribution < -0.4 is 4.90 Å². The quantitative estimate of drug-likeness (QED) is 0.754. The van der Waals surface area contributed by atoms with Gasteiger partial charge in [0.25, 0.3) is 0 Å². The molecule has 0 saturated carbocycles. The Hall–Kier alpha value is -1.92. The Morgan fingerprint density at radius 3 is 2.48 bits per heavy atom. The first kappa shape index (κ1) is 15.5. The van der Waals surface area contributed by atoms with E-state index < -0.39 is 0 Å². The van der Waals surface area contributed by atoms with Crippen LogP contribution in [-0.2, 0) is 6.54 Å². The van der Waals surface area contributed by atoms with Crippen LogP contribution >= 0.6 is 11.8 Å². The van der Waals surface area contributed by atoms with E-state index in [2.05, 4.69) is 49.1 Å². The average molecular weight is 296 g/mol. The summed E-state index contributed by atoms with van der Waals surface area (Å²) < 4.78 is 0. The van der Waals surface area contributed by atoms with Gasteiger partial charge in [0.2, 0.25) is 0 Å². The molecule has 2 aromatic carbocycles. The lowest BCUT2D eigenvalue weighted by Gasteiger charge is -2.22. The number of rotatable bonds is 5. The van der Waals surface area contributed by atoms with Crippen molar-refractivity contribution in [2.75, 3.05) is 17.7 Å². The van der Waals surface area contributed by atoms with Gasteiger partial charge in [0.15, 0.2) is 0 Å². The molecular weight excluding hydrogens is 276 g/mol. The van der Waals surface area contributed by atoms with Crippen molar-refractivity contribution in [2.24, 2.45) is 0 Å². The topological polar surface area (TPSA) is 27.0 Å². The van der Waals surface area contributed by atoms with Crippen molar-refractivity contribution in [3.63, 3.8) is 0 Å². The maximum atomic E-state index is 9.49. The molecule has 108 valence electrons. The second-order valence-electron chi connectivity index (χ2n) is 5.04. The third kappa shape index (κ3) is 3.80. The smallest absolute Gasteiger partial charge is 0.103 e. The summed E-state index contributed by atoms with van der Waals surface area (Å²) >= 11 is 1.72. The lowest BCUT2D eigenvalue weighted by Crippen LogP contribution is -2.17. The molecule has 0 radical (unpaired) electrons. The number of aryl methyl sites for hydroxylation is 1. The molecule has 0 aromatic heterocycles. The molecule has 3 heteroatoms. The number of benzene rings is 2. The van der Waals surface area contributed by atoms with Gasteiger partial charge in [0.05, 0.1) is 11.3 Å². The fraction of sp³-hybridized carbons (Fsp3) is 0.278. The fourth-order valence-electron chi connectivity index (χ4n) is 2.28. The number of anilines is 1. The van der Waals surface area contributed by atoms with Gasteiger partial charge in [0.1, 0.15) is 6.07 Å². The zero-order valence-corrected chi connectivity index (χ0v) is 13.6. The van der Waals surface area contributed by atoms with Gasteiger partial charge in [-0.3, -0.25) is 0 Å². The molecule has 0 fully saturated rings. The SMILES string of the molecule is CCSc1cccc(N(C)Cc2ccc(C)cc2)c1C#N. The van der Waals surface area contributed by atoms with Crippen LogP contribution in [0.4, 0.5) is 5.69 Å². The van der Waals surface area contributed by atoms with Gasteiger partial charge in [-0.15, -0.1) is 11.8 Å². The van der Waals surface area contributed by atoms with Gasteiger partial charge in [-0.05, 0) is 30.4 Å². The minimum Gasteiger partial charge on any atom is -0.369 e. The number of nitrogens with zero attached hydrogens (tertiary/aromatic N) is 2. The van der Waals surface area contributed by atoms with Crippen molar-refractivity contribution in [1.29, 1.82) is 5.26 Å². The molecule has 0 aliphatic carbocycles. The number of hydrogen-bond acceptors (Lipinski definition) is 3. The first-order valence-electron chi connectivity index (χ1n) is 7.08. The van der Waals surface area contributed by atoms with E-state index >= 15 is 0 Å². The standard InChI is InChI=1S/C18H20N2S/c1-4-21-18-7-5-6-17(16(18)12-19)20(3)13-15-10-8-14(2)9-11-15/h5-11H,4,13H2,1-3H3. The maximum absolute atomic E-state index is 9.49. The Morgan fingerprint density at radius 1 is 1.14 bits per heavy atom. The molecule has 0 heterocycles. The molecule has 2 aromatic rings. The highest BCUT2D eigenvalue weighted by Crippen LogP contribution is 2.30. The second-order valence-corrected chi connectivity index (χ2v) is 6.34. The second kappa shape index (κ2) is 7.19. The van der Waals surface area contributed by atoms with E-state index in [0.29, 0.717) is 0 Å². The number of hydrogen-bond donors (Lipinski definition) is 0. The largest absolute Gasteiger partial charge is 0.369 e. The molecular formula is C18H20N2S. The highest BCUT2D eigenvalue weighted by Gasteiger charge is 2.12. The van der Waals surface area contributed by atoms with Crippen LogP contribution in [0.15, 0.2) is 47.4 Å². The molecule has 0 bridgehead atoms. The molecule has 2 nitrogen and oxygen atoms in total. The molecule has 0 aliphatic heterocycles. The zero-order valence-electron chi connectivity index (χ0n) is 12.8. The van der Waals surface area contributed by atoms with Crippen molar-refractivity contribution in [3.8, 4) is 6.07 Å². The third-order valence-electron chi connectivity index (χ3n) is 3.37. The molecule has 0 amide bonds. The van der Waals surface area contributed by atoms with E-state index in [0.717, 1.165) is 28.4 Å². The highest BCUT2D eigenvalue weighted by atomic mass is 32.2. The van der Waals surface area contributed by atoms with Crippen LogP contribution in [0.2, 0.25) is 0 Å². The Kier molecular flexibility index (Phi) is 5.30. The summed E-state index contributed by atoms with van der Waals surface area (Å²) in [5.74, 6) is 0.972. The van der Waals surface area contributed by atoms with Crippen molar-refractivity contribution in [2.45, 2.75) is 25.3 Å². The molecule has 0 unspecified atom stereocenters. The summed E-state index contributed by atoms with van der Waals surface area (Å²) in [6, 6.07) is 17.0. The Bertz CT molecular complexity index is 641. The summed E-state index contributed by atoms with van der Waals surface area (Å²) in [5.41, 5.74) is 4.29. The van der Waals surface area contributed by atoms with Crippen molar-refractivity contribution >= 4 is 17.4 Å². The number of nitriles is 1. The highest BCUT2D eigenvalue weighted by molar-refractivity contribution is 7.99. The van der Waals surface area contributed by atoms with Gasteiger partial charge in [-0.1, -0.05) is 42.8 Å². The first-order valence-corrected chi connectivity index (χ1v) is 8.07. The van der Waals surface area contributed by atoms with E-state index in [1.807, 2.05) is 25.2 Å². The Labute approximate surface area is 131 Å². The summed E-state index contributed by atoms with van der Waals surface area (Å²) in [5, 5.41) is 9.49. The first-order chi connectivity index (χ1) is 10.2. The molecule has 0 aliphatic rings. The summed E-state index contributed by atoms with van der Waals surface area (Å²) in [7, 11) is 2.04. The predicted molar refractivity (Wildman–Crippen MR) is 90.8 cm³/mol. The minimum absolute atomic E-state index is 0.777. The van der Waals surface area contributed by atoms with Crippen LogP contribution in [0.1, 0.15) is 23.6 Å². The van der Waals surface area contributed by atoms with Gasteiger partial charge in [-0.25, -0.2) is 0 Å². The van der Waals surface area contributed by atoms with Gasteiger partial charge >= 0.3 is 0 Å². The van der Waals surface area contributed by atoms with E-state index in [4.69, 9.17) is 0 Å². The van der Waals surface area contributed by atoms with Crippen molar-refractivity contribution < 1.29 is 0 Å². The van der Waals surface area contributed by atoms with Crippen molar-refractivity contribution in [3.05, 3.63) is 59.2 Å². The fourth-order valence-corrected chi connectivity index (χ4v) is 3.06. The predicted octanol–water partition coefficient (Wildman–Crippen LogP) is 4.62. The molecule has 0 saturated heterocycles. The molecule has 0 spiro atoms. The van der Waals surface area contributed by atoms with Crippen molar-refractivity contribution in [1.82, 2.24) is 0 Å². The Morgan fingerprint density at radius 2 is 1.86 bits per heavy atom. The molecule has 2 rings (SSSR count). The molecule has 0 N–H and O–H groups in total. The van der Waals surface area contributed by atoms with E-state index in [-0.39, 0.29) is 0 Å². The van der Waals surface area contributed by atoms with Crippen LogP contribution in [0.3, 0.4) is 0 Å². The lowest BCUT2D eigenvalue weighted by atomic mass is 10.1. The van der Waals surface area contributed by atoms with E-state index in [9.17, 15) is 5.26 Å². The maximum Gasteiger partial charge on any atom is 0.103 e. The average Bonchev–Trinajstić information content (AvgIpc) is 2.49. The Balaban J connectivity index is 2.26. The van der Waals surface area contributed by atoms with E-state index in [1.165, 1.54) is 11.1 Å². The van der Waals surface area contributed by atoms with Gasteiger partial charge in [-0.2, -0.15) is 5.26 Å². The molecule has 21 heavy (non-hydrogen) atoms. The summed E-state index contributed by atoms with van der Waals surface area (Å²) in [4.78, 5) is 3.21. The van der Waals surface area contributed by atoms with Crippen LogP contribution in [0.5, 0.6) is 0 Å². The third-order valence-corrected chi connectivity index (χ3v) is 4.31. The lowest BCUT2D eigenvalue weighted by molar-refractivity contribution is 0.917.